The molecule has 0 unspecified atom stereocenters. The quantitative estimate of drug-likeness (QED) is 0.896. The number of rotatable bonds is 4. The van der Waals surface area contributed by atoms with Gasteiger partial charge in [-0.15, -0.1) is 0 Å². The highest BCUT2D eigenvalue weighted by atomic mass is 19.4. The molecule has 0 spiro atoms. The molecule has 0 radical (unpaired) electrons. The van der Waals surface area contributed by atoms with Crippen molar-refractivity contribution in [3.63, 3.8) is 0 Å². The van der Waals surface area contributed by atoms with Gasteiger partial charge in [0.05, 0.1) is 16.8 Å². The number of halogens is 3. The predicted octanol–water partition coefficient (Wildman–Crippen LogP) is 2.21. The molecule has 0 saturated carbocycles. The van der Waals surface area contributed by atoms with Gasteiger partial charge in [0.25, 0.3) is 5.91 Å². The lowest BCUT2D eigenvalue weighted by Gasteiger charge is -2.38. The zero-order chi connectivity index (χ0) is 15.6. The van der Waals surface area contributed by atoms with Gasteiger partial charge in [0.15, 0.2) is 0 Å². The highest BCUT2D eigenvalue weighted by molar-refractivity contribution is 6.02. The molecule has 116 valence electrons. The van der Waals surface area contributed by atoms with Gasteiger partial charge in [-0.3, -0.25) is 4.79 Å². The van der Waals surface area contributed by atoms with E-state index in [2.05, 4.69) is 10.6 Å². The maximum atomic E-state index is 12.8. The molecule has 0 bridgehead atoms. The highest BCUT2D eigenvalue weighted by Gasteiger charge is 2.35. The lowest BCUT2D eigenvalue weighted by Crippen LogP contribution is -2.53. The van der Waals surface area contributed by atoms with Crippen LogP contribution in [0.4, 0.5) is 18.9 Å². The number of nitrogens with one attached hydrogen (secondary N) is 2. The molecule has 1 aromatic rings. The minimum absolute atomic E-state index is 0.0763. The van der Waals surface area contributed by atoms with Crippen LogP contribution in [0.2, 0.25) is 0 Å². The Balaban J connectivity index is 2.38. The van der Waals surface area contributed by atoms with E-state index in [1.807, 2.05) is 18.9 Å². The Labute approximate surface area is 121 Å². The normalized spacial score (nSPS) is 18.4. The number of fused-ring (bicyclic) bond motifs is 1. The van der Waals surface area contributed by atoms with Gasteiger partial charge in [-0.2, -0.15) is 13.2 Å². The first-order valence-corrected chi connectivity index (χ1v) is 6.81. The minimum Gasteiger partial charge on any atom is -0.351 e. The molecule has 2 rings (SSSR count). The van der Waals surface area contributed by atoms with Crippen LogP contribution in [0.3, 0.4) is 0 Å². The van der Waals surface area contributed by atoms with Gasteiger partial charge in [-0.25, -0.2) is 0 Å². The molecule has 1 atom stereocenters. The average molecular weight is 301 g/mol. The van der Waals surface area contributed by atoms with Crippen LogP contribution in [-0.4, -0.2) is 32.2 Å². The van der Waals surface area contributed by atoms with Crippen molar-refractivity contribution in [3.8, 4) is 0 Å². The first-order chi connectivity index (χ1) is 9.88. The fourth-order valence-electron chi connectivity index (χ4n) is 2.52. The van der Waals surface area contributed by atoms with Gasteiger partial charge < -0.3 is 15.5 Å². The second-order valence-corrected chi connectivity index (χ2v) is 4.90. The summed E-state index contributed by atoms with van der Waals surface area (Å²) in [6.45, 7) is 3.22. The van der Waals surface area contributed by atoms with E-state index in [0.717, 1.165) is 12.1 Å². The number of carbonyl (C=O) groups excluding carboxylic acids is 1. The molecule has 1 aromatic carbocycles. The van der Waals surface area contributed by atoms with Crippen LogP contribution in [0.5, 0.6) is 0 Å². The summed E-state index contributed by atoms with van der Waals surface area (Å²) in [6, 6.07) is 3.32. The number of nitrogens with zero attached hydrogens (tertiary/aromatic N) is 1. The van der Waals surface area contributed by atoms with Crippen LogP contribution in [0, 0.1) is 0 Å². The van der Waals surface area contributed by atoms with E-state index in [-0.39, 0.29) is 11.7 Å². The third-order valence-electron chi connectivity index (χ3n) is 3.56. The average Bonchev–Trinajstić information content (AvgIpc) is 2.44. The van der Waals surface area contributed by atoms with E-state index in [0.29, 0.717) is 25.2 Å². The number of hydrogen-bond donors (Lipinski definition) is 2. The van der Waals surface area contributed by atoms with E-state index in [9.17, 15) is 18.0 Å². The van der Waals surface area contributed by atoms with E-state index < -0.39 is 17.6 Å². The summed E-state index contributed by atoms with van der Waals surface area (Å²) >= 11 is 0. The van der Waals surface area contributed by atoms with E-state index >= 15 is 0 Å². The SMILES string of the molecule is CCN1c2ccc(C(F)(F)F)cc2C(=O)N[C@@H]1CCNC. The predicted molar refractivity (Wildman–Crippen MR) is 74.3 cm³/mol. The summed E-state index contributed by atoms with van der Waals surface area (Å²) < 4.78 is 38.3. The maximum absolute atomic E-state index is 12.8. The van der Waals surface area contributed by atoms with Gasteiger partial charge in [0, 0.05) is 6.54 Å². The van der Waals surface area contributed by atoms with Crippen molar-refractivity contribution in [3.05, 3.63) is 29.3 Å². The molecule has 0 saturated heterocycles. The Bertz CT molecular complexity index is 531. The molecule has 1 aliphatic heterocycles. The van der Waals surface area contributed by atoms with Crippen LogP contribution in [-0.2, 0) is 6.18 Å². The summed E-state index contributed by atoms with van der Waals surface area (Å²) in [5.41, 5.74) is -0.177. The van der Waals surface area contributed by atoms with Crippen molar-refractivity contribution >= 4 is 11.6 Å². The molecule has 1 heterocycles. The van der Waals surface area contributed by atoms with Crippen LogP contribution in [0.15, 0.2) is 18.2 Å². The second kappa shape index (κ2) is 5.93. The molecule has 7 heteroatoms. The fraction of sp³-hybridized carbons (Fsp3) is 0.500. The Morgan fingerprint density at radius 3 is 2.67 bits per heavy atom. The summed E-state index contributed by atoms with van der Waals surface area (Å²) in [7, 11) is 1.81. The van der Waals surface area contributed by atoms with Gasteiger partial charge in [-0.1, -0.05) is 0 Å². The van der Waals surface area contributed by atoms with Crippen molar-refractivity contribution in [1.29, 1.82) is 0 Å². The number of hydrogen-bond acceptors (Lipinski definition) is 3. The van der Waals surface area contributed by atoms with Gasteiger partial charge in [0.2, 0.25) is 0 Å². The topological polar surface area (TPSA) is 44.4 Å². The number of carbonyl (C=O) groups is 1. The van der Waals surface area contributed by atoms with E-state index in [4.69, 9.17) is 0 Å². The summed E-state index contributed by atoms with van der Waals surface area (Å²) in [5, 5.41) is 5.77. The van der Waals surface area contributed by atoms with E-state index in [1.165, 1.54) is 6.07 Å². The number of amides is 1. The number of benzene rings is 1. The Kier molecular flexibility index (Phi) is 4.41. The Hall–Kier alpha value is -1.76. The van der Waals surface area contributed by atoms with Gasteiger partial charge in [0.1, 0.15) is 6.17 Å². The van der Waals surface area contributed by atoms with Crippen molar-refractivity contribution in [2.24, 2.45) is 0 Å². The zero-order valence-electron chi connectivity index (χ0n) is 11.9. The molecule has 0 aliphatic carbocycles. The lowest BCUT2D eigenvalue weighted by atomic mass is 10.0. The van der Waals surface area contributed by atoms with Crippen molar-refractivity contribution in [2.45, 2.75) is 25.7 Å². The van der Waals surface area contributed by atoms with Crippen LogP contribution in [0.25, 0.3) is 0 Å². The summed E-state index contributed by atoms with van der Waals surface area (Å²) in [4.78, 5) is 14.0. The van der Waals surface area contributed by atoms with Crippen molar-refractivity contribution < 1.29 is 18.0 Å². The molecule has 2 N–H and O–H groups in total. The number of anilines is 1. The van der Waals surface area contributed by atoms with Crippen molar-refractivity contribution in [1.82, 2.24) is 10.6 Å². The monoisotopic (exact) mass is 301 g/mol. The third-order valence-corrected chi connectivity index (χ3v) is 3.56. The zero-order valence-corrected chi connectivity index (χ0v) is 11.9. The smallest absolute Gasteiger partial charge is 0.351 e. The minimum atomic E-state index is -4.45. The van der Waals surface area contributed by atoms with Crippen LogP contribution in [0.1, 0.15) is 29.3 Å². The Morgan fingerprint density at radius 1 is 1.38 bits per heavy atom. The lowest BCUT2D eigenvalue weighted by molar-refractivity contribution is -0.137. The number of alkyl halides is 3. The standard InChI is InChI=1S/C14H18F3N3O/c1-3-20-11-5-4-9(14(15,16)17)8-10(11)13(21)19-12(20)6-7-18-2/h4-5,8,12,18H,3,6-7H2,1-2H3,(H,19,21)/t12-/m0/s1. The Morgan fingerprint density at radius 2 is 2.10 bits per heavy atom. The first kappa shape index (κ1) is 15.6. The maximum Gasteiger partial charge on any atom is 0.416 e. The summed E-state index contributed by atoms with van der Waals surface area (Å²) in [5.74, 6) is -0.457. The third kappa shape index (κ3) is 3.12. The molecule has 1 amide bonds. The second-order valence-electron chi connectivity index (χ2n) is 4.90. The highest BCUT2D eigenvalue weighted by Crippen LogP contribution is 2.34. The summed E-state index contributed by atoms with van der Waals surface area (Å²) in [6.07, 6.45) is -3.98. The molecule has 0 fully saturated rings. The van der Waals surface area contributed by atoms with Crippen LogP contribution >= 0.6 is 0 Å². The molecule has 4 nitrogen and oxygen atoms in total. The van der Waals surface area contributed by atoms with Crippen molar-refractivity contribution in [2.75, 3.05) is 25.0 Å². The molecular formula is C14H18F3N3O. The molecule has 21 heavy (non-hydrogen) atoms. The van der Waals surface area contributed by atoms with Crippen LogP contribution < -0.4 is 15.5 Å². The fourth-order valence-corrected chi connectivity index (χ4v) is 2.52. The largest absolute Gasteiger partial charge is 0.416 e. The van der Waals surface area contributed by atoms with E-state index in [1.54, 1.807) is 0 Å². The van der Waals surface area contributed by atoms with Gasteiger partial charge >= 0.3 is 6.18 Å². The molecule has 0 aromatic heterocycles. The molecular weight excluding hydrogens is 283 g/mol. The van der Waals surface area contributed by atoms with Gasteiger partial charge in [-0.05, 0) is 45.1 Å². The molecule has 1 aliphatic rings. The first-order valence-electron chi connectivity index (χ1n) is 6.81.